The van der Waals surface area contributed by atoms with Crippen molar-refractivity contribution in [3.63, 3.8) is 0 Å². The number of nitrogens with one attached hydrogen (secondary N) is 1. The summed E-state index contributed by atoms with van der Waals surface area (Å²) in [5.41, 5.74) is 3.04. The number of hydrogen-bond acceptors (Lipinski definition) is 10. The Morgan fingerprint density at radius 1 is 0.667 bits per heavy atom. The zero-order chi connectivity index (χ0) is 36.5. The highest BCUT2D eigenvalue weighted by atomic mass is 35.5. The molecule has 0 aliphatic carbocycles. The second kappa shape index (κ2) is 16.0. The third kappa shape index (κ3) is 7.61. The van der Waals surface area contributed by atoms with E-state index in [1.54, 1.807) is 59.5 Å². The van der Waals surface area contributed by atoms with Gasteiger partial charge in [0.25, 0.3) is 20.0 Å². The van der Waals surface area contributed by atoms with Crippen LogP contribution in [0.3, 0.4) is 0 Å². The second-order valence-corrected chi connectivity index (χ2v) is 15.0. The van der Waals surface area contributed by atoms with Crippen molar-refractivity contribution in [2.45, 2.75) is 16.3 Å². The van der Waals surface area contributed by atoms with E-state index in [2.05, 4.69) is 25.3 Å². The molecule has 278 valence electrons. The molecule has 0 bridgehead atoms. The Labute approximate surface area is 321 Å². The molecule has 0 saturated carbocycles. The van der Waals surface area contributed by atoms with Gasteiger partial charge >= 0.3 is 5.97 Å². The summed E-state index contributed by atoms with van der Waals surface area (Å²) in [7, 11) is -6.04. The Hall–Kier alpha value is -5.85. The third-order valence-electron chi connectivity index (χ3n) is 7.95. The fourth-order valence-corrected chi connectivity index (χ4v) is 8.16. The largest absolute Gasteiger partial charge is 0.478 e. The van der Waals surface area contributed by atoms with Crippen molar-refractivity contribution in [3.05, 3.63) is 146 Å². The van der Waals surface area contributed by atoms with Gasteiger partial charge in [0.1, 0.15) is 9.79 Å². The maximum absolute atomic E-state index is 13.3. The molecule has 0 aliphatic heterocycles. The van der Waals surface area contributed by atoms with Crippen LogP contribution in [0.25, 0.3) is 34.1 Å². The molecule has 0 atom stereocenters. The Balaban J connectivity index is 0.000000200. The van der Waals surface area contributed by atoms with Crippen molar-refractivity contribution >= 4 is 62.4 Å². The van der Waals surface area contributed by atoms with Crippen LogP contribution >= 0.6 is 24.8 Å². The molecule has 54 heavy (non-hydrogen) atoms. The monoisotopic (exact) mass is 807 g/mol. The van der Waals surface area contributed by atoms with Crippen LogP contribution in [-0.2, 0) is 26.6 Å². The van der Waals surface area contributed by atoms with E-state index >= 15 is 0 Å². The zero-order valence-electron chi connectivity index (χ0n) is 28.1. The van der Waals surface area contributed by atoms with Crippen molar-refractivity contribution < 1.29 is 26.7 Å². The van der Waals surface area contributed by atoms with Crippen molar-refractivity contribution in [2.75, 3.05) is 7.05 Å². The van der Waals surface area contributed by atoms with Gasteiger partial charge in [-0.15, -0.1) is 24.8 Å². The summed E-state index contributed by atoms with van der Waals surface area (Å²) in [5, 5.41) is 12.3. The van der Waals surface area contributed by atoms with Crippen LogP contribution in [0.4, 0.5) is 0 Å². The molecule has 2 aromatic carbocycles. The number of fused-ring (bicyclic) bond motifs is 2. The van der Waals surface area contributed by atoms with Crippen LogP contribution in [0.5, 0.6) is 0 Å². The van der Waals surface area contributed by atoms with Gasteiger partial charge in [-0.25, -0.2) is 49.5 Å². The minimum absolute atomic E-state index is 0. The topological polar surface area (TPSA) is 188 Å². The van der Waals surface area contributed by atoms with Gasteiger partial charge in [-0.05, 0) is 35.9 Å². The van der Waals surface area contributed by atoms with Crippen LogP contribution in [0.15, 0.2) is 145 Å². The number of carboxylic acids is 1. The van der Waals surface area contributed by atoms with E-state index < -0.39 is 26.0 Å². The van der Waals surface area contributed by atoms with E-state index in [1.807, 2.05) is 43.4 Å². The number of benzene rings is 2. The van der Waals surface area contributed by atoms with Gasteiger partial charge in [0.05, 0.1) is 29.3 Å². The minimum atomic E-state index is -4.06. The fourth-order valence-electron chi connectivity index (χ4n) is 5.48. The van der Waals surface area contributed by atoms with Gasteiger partial charge in [0, 0.05) is 56.1 Å². The highest BCUT2D eigenvalue weighted by Gasteiger charge is 2.25. The summed E-state index contributed by atoms with van der Waals surface area (Å²) in [4.78, 5) is 27.6. The van der Waals surface area contributed by atoms with Gasteiger partial charge in [0.15, 0.2) is 0 Å². The van der Waals surface area contributed by atoms with Crippen LogP contribution in [0.1, 0.15) is 15.9 Å². The molecule has 2 N–H and O–H groups in total. The van der Waals surface area contributed by atoms with E-state index in [0.717, 1.165) is 21.3 Å². The fraction of sp³-hybridized carbons (Fsp3) is 0.0571. The average molecular weight is 809 g/mol. The first-order valence-corrected chi connectivity index (χ1v) is 18.5. The van der Waals surface area contributed by atoms with E-state index in [9.17, 15) is 26.7 Å². The van der Waals surface area contributed by atoms with Crippen molar-refractivity contribution in [3.8, 4) is 22.5 Å². The van der Waals surface area contributed by atoms with Gasteiger partial charge in [-0.2, -0.15) is 0 Å². The number of aromatic carboxylic acids is 1. The molecule has 0 radical (unpaired) electrons. The summed E-state index contributed by atoms with van der Waals surface area (Å²) >= 11 is 0. The SMILES string of the molecule is CNCc1cc(-c2ccccc2)n(S(=O)(=O)c2cnc3nccn3c2)c1.Cl.Cl.O=C(O)c1cc(-c2ccccc2)n(S(=O)(=O)c2cnc3nccn3c2)c1. The van der Waals surface area contributed by atoms with E-state index in [1.165, 1.54) is 45.4 Å². The number of aromatic nitrogens is 8. The van der Waals surface area contributed by atoms with Crippen molar-refractivity contribution in [1.82, 2.24) is 42.0 Å². The highest BCUT2D eigenvalue weighted by Crippen LogP contribution is 2.28. The lowest BCUT2D eigenvalue weighted by Gasteiger charge is -2.10. The molecule has 8 aromatic rings. The smallest absolute Gasteiger partial charge is 0.337 e. The van der Waals surface area contributed by atoms with Crippen LogP contribution in [0.2, 0.25) is 0 Å². The van der Waals surface area contributed by atoms with Crippen LogP contribution in [-0.4, -0.2) is 71.6 Å². The molecule has 6 aromatic heterocycles. The molecule has 0 fully saturated rings. The first kappa shape index (κ1) is 39.4. The molecule has 0 amide bonds. The second-order valence-electron chi connectivity index (χ2n) is 11.4. The summed E-state index contributed by atoms with van der Waals surface area (Å²) in [6.45, 7) is 0.571. The maximum Gasteiger partial charge on any atom is 0.337 e. The van der Waals surface area contributed by atoms with Crippen LogP contribution in [0, 0.1) is 0 Å². The van der Waals surface area contributed by atoms with Gasteiger partial charge in [0.2, 0.25) is 11.6 Å². The normalized spacial score (nSPS) is 11.4. The molecular formula is C35H31Cl2N9O6S2. The number of hydrogen-bond donors (Lipinski definition) is 2. The molecule has 6 heterocycles. The molecule has 19 heteroatoms. The van der Waals surface area contributed by atoms with E-state index in [4.69, 9.17) is 0 Å². The molecule has 15 nitrogen and oxygen atoms in total. The quantitative estimate of drug-likeness (QED) is 0.197. The van der Waals surface area contributed by atoms with Crippen LogP contribution < -0.4 is 5.32 Å². The number of rotatable bonds is 9. The van der Waals surface area contributed by atoms with Crippen molar-refractivity contribution in [2.24, 2.45) is 0 Å². The number of nitrogens with zero attached hydrogens (tertiary/aromatic N) is 8. The molecule has 0 aliphatic rings. The Morgan fingerprint density at radius 3 is 1.59 bits per heavy atom. The van der Waals surface area contributed by atoms with Gasteiger partial charge < -0.3 is 10.4 Å². The number of halogens is 2. The van der Waals surface area contributed by atoms with E-state index in [0.29, 0.717) is 29.4 Å². The molecule has 8 rings (SSSR count). The van der Waals surface area contributed by atoms with Gasteiger partial charge in [-0.3, -0.25) is 8.80 Å². The summed E-state index contributed by atoms with van der Waals surface area (Å²) in [6.07, 6.45) is 14.5. The lowest BCUT2D eigenvalue weighted by atomic mass is 10.1. The highest BCUT2D eigenvalue weighted by molar-refractivity contribution is 7.90. The van der Waals surface area contributed by atoms with Crippen molar-refractivity contribution in [1.29, 1.82) is 0 Å². The predicted octanol–water partition coefficient (Wildman–Crippen LogP) is 5.13. The average Bonchev–Trinajstić information content (AvgIpc) is 3.98. The first-order valence-electron chi connectivity index (χ1n) is 15.6. The Morgan fingerprint density at radius 2 is 1.13 bits per heavy atom. The molecule has 0 unspecified atom stereocenters. The maximum atomic E-state index is 13.3. The third-order valence-corrected chi connectivity index (χ3v) is 11.2. The molecular weight excluding hydrogens is 777 g/mol. The lowest BCUT2D eigenvalue weighted by Crippen LogP contribution is -2.14. The first-order chi connectivity index (χ1) is 25.1. The Bertz CT molecular complexity index is 2790. The predicted molar refractivity (Wildman–Crippen MR) is 205 cm³/mol. The summed E-state index contributed by atoms with van der Waals surface area (Å²) in [5.74, 6) is -0.388. The van der Waals surface area contributed by atoms with E-state index in [-0.39, 0.29) is 45.9 Å². The number of imidazole rings is 2. The molecule has 0 saturated heterocycles. The Kier molecular flexibility index (Phi) is 11.7. The number of carbonyl (C=O) groups is 1. The van der Waals surface area contributed by atoms with Gasteiger partial charge in [-0.1, -0.05) is 60.7 Å². The standard InChI is InChI=1S/C18H17N5O2S.C17H12N4O4S.2ClH/c1-19-10-14-9-17(15-5-3-2-4-6-15)23(12-14)26(24,25)16-11-21-18-20-7-8-22(18)13-16;22-16(23)13-8-15(12-4-2-1-3-5-12)21(10-13)26(24,25)14-9-19-17-18-6-7-20(17)11-14;;/h2-9,11-13,19H,10H2,1H3;1-11H,(H,22,23);2*1H. The zero-order valence-corrected chi connectivity index (χ0v) is 31.4. The lowest BCUT2D eigenvalue weighted by molar-refractivity contribution is 0.0697. The summed E-state index contributed by atoms with van der Waals surface area (Å²) in [6, 6.07) is 21.4. The number of carboxylic acid groups (broad SMARTS) is 1. The molecule has 0 spiro atoms. The summed E-state index contributed by atoms with van der Waals surface area (Å²) < 4.78 is 58.2. The minimum Gasteiger partial charge on any atom is -0.478 e.